The monoisotopic (exact) mass is 476 g/mol. The molecule has 8 heteroatoms. The van der Waals surface area contributed by atoms with Crippen LogP contribution in [0.15, 0.2) is 65.7 Å². The lowest BCUT2D eigenvalue weighted by Gasteiger charge is -2.28. The maximum atomic E-state index is 12.9. The van der Waals surface area contributed by atoms with Crippen molar-refractivity contribution in [1.82, 2.24) is 0 Å². The van der Waals surface area contributed by atoms with E-state index in [4.69, 9.17) is 23.7 Å². The second-order valence-corrected chi connectivity index (χ2v) is 7.72. The summed E-state index contributed by atoms with van der Waals surface area (Å²) in [7, 11) is 4.49. The zero-order valence-corrected chi connectivity index (χ0v) is 20.0. The van der Waals surface area contributed by atoms with Crippen molar-refractivity contribution in [3.63, 3.8) is 0 Å². The molecule has 1 saturated heterocycles. The van der Waals surface area contributed by atoms with Gasteiger partial charge in [0.1, 0.15) is 5.75 Å². The van der Waals surface area contributed by atoms with Crippen LogP contribution in [0.25, 0.3) is 0 Å². The van der Waals surface area contributed by atoms with Crippen LogP contribution in [0, 0.1) is 0 Å². The average molecular weight is 477 g/mol. The van der Waals surface area contributed by atoms with Gasteiger partial charge in [-0.25, -0.2) is 4.79 Å². The lowest BCUT2D eigenvalue weighted by molar-refractivity contribution is 0.0733. The third-order valence-corrected chi connectivity index (χ3v) is 5.60. The lowest BCUT2D eigenvalue weighted by atomic mass is 10.1. The summed E-state index contributed by atoms with van der Waals surface area (Å²) in [5.41, 5.74) is 2.88. The predicted molar refractivity (Wildman–Crippen MR) is 134 cm³/mol. The van der Waals surface area contributed by atoms with Gasteiger partial charge in [-0.05, 0) is 48.5 Å². The Labute approximate surface area is 204 Å². The molecule has 8 nitrogen and oxygen atoms in total. The smallest absolute Gasteiger partial charge is 0.343 e. The number of carbonyl (C=O) groups excluding carboxylic acids is 1. The Morgan fingerprint density at radius 1 is 0.886 bits per heavy atom. The molecule has 182 valence electrons. The standard InChI is InChI=1S/C27H28N2O6/c1-31-24-16-20(17-25(32-2)26(24)33-3)27(30)35-23-7-5-4-6-19(23)18-28-21-8-10-22(11-9-21)29-12-14-34-15-13-29/h4-11,16-18H,12-15H2,1-3H3. The van der Waals surface area contributed by atoms with Gasteiger partial charge < -0.3 is 28.6 Å². The first-order valence-electron chi connectivity index (χ1n) is 11.2. The Hall–Kier alpha value is -4.04. The summed E-state index contributed by atoms with van der Waals surface area (Å²) in [6.45, 7) is 3.25. The molecule has 1 aliphatic rings. The van der Waals surface area contributed by atoms with Gasteiger partial charge in [0, 0.05) is 30.6 Å². The number of para-hydroxylation sites is 1. The molecular formula is C27H28N2O6. The minimum atomic E-state index is -0.556. The third-order valence-electron chi connectivity index (χ3n) is 5.60. The van der Waals surface area contributed by atoms with Crippen LogP contribution in [-0.2, 0) is 4.74 Å². The first kappa shape index (κ1) is 24.1. The highest BCUT2D eigenvalue weighted by molar-refractivity contribution is 5.94. The molecular weight excluding hydrogens is 448 g/mol. The Kier molecular flexibility index (Phi) is 7.84. The van der Waals surface area contributed by atoms with E-state index in [1.807, 2.05) is 36.4 Å². The van der Waals surface area contributed by atoms with Crippen LogP contribution in [0.2, 0.25) is 0 Å². The lowest BCUT2D eigenvalue weighted by Crippen LogP contribution is -2.36. The van der Waals surface area contributed by atoms with E-state index in [0.717, 1.165) is 37.7 Å². The molecule has 35 heavy (non-hydrogen) atoms. The number of aliphatic imine (C=N–C) groups is 1. The average Bonchev–Trinajstić information content (AvgIpc) is 2.92. The van der Waals surface area contributed by atoms with Crippen molar-refractivity contribution >= 4 is 23.6 Å². The van der Waals surface area contributed by atoms with Gasteiger partial charge in [-0.1, -0.05) is 12.1 Å². The molecule has 3 aromatic carbocycles. The second-order valence-electron chi connectivity index (χ2n) is 7.72. The number of anilines is 1. The van der Waals surface area contributed by atoms with Crippen LogP contribution < -0.4 is 23.8 Å². The number of carbonyl (C=O) groups is 1. The van der Waals surface area contributed by atoms with Crippen molar-refractivity contribution in [2.75, 3.05) is 52.5 Å². The Morgan fingerprint density at radius 3 is 2.17 bits per heavy atom. The zero-order valence-electron chi connectivity index (χ0n) is 20.0. The summed E-state index contributed by atoms with van der Waals surface area (Å²) in [4.78, 5) is 19.8. The Balaban J connectivity index is 1.50. The number of rotatable bonds is 8. The number of morpholine rings is 1. The van der Waals surface area contributed by atoms with Crippen molar-refractivity contribution in [3.05, 3.63) is 71.8 Å². The van der Waals surface area contributed by atoms with Crippen LogP contribution in [0.1, 0.15) is 15.9 Å². The molecule has 0 saturated carbocycles. The first-order chi connectivity index (χ1) is 17.1. The first-order valence-corrected chi connectivity index (χ1v) is 11.2. The minimum Gasteiger partial charge on any atom is -0.493 e. The topological polar surface area (TPSA) is 78.8 Å². The normalized spacial score (nSPS) is 13.5. The van der Waals surface area contributed by atoms with E-state index >= 15 is 0 Å². The summed E-state index contributed by atoms with van der Waals surface area (Å²) < 4.78 is 27.1. The maximum Gasteiger partial charge on any atom is 0.343 e. The van der Waals surface area contributed by atoms with Crippen LogP contribution in [0.3, 0.4) is 0 Å². The van der Waals surface area contributed by atoms with Gasteiger partial charge in [0.05, 0.1) is 45.8 Å². The molecule has 0 radical (unpaired) electrons. The molecule has 4 rings (SSSR count). The second kappa shape index (κ2) is 11.4. The quantitative estimate of drug-likeness (QED) is 0.269. The molecule has 0 aromatic heterocycles. The molecule has 1 heterocycles. The summed E-state index contributed by atoms with van der Waals surface area (Å²) in [5.74, 6) is 0.974. The van der Waals surface area contributed by atoms with Crippen molar-refractivity contribution < 1.29 is 28.5 Å². The molecule has 0 N–H and O–H groups in total. The van der Waals surface area contributed by atoms with Gasteiger partial charge in [-0.3, -0.25) is 4.99 Å². The molecule has 0 bridgehead atoms. The van der Waals surface area contributed by atoms with Crippen LogP contribution in [-0.4, -0.2) is 59.8 Å². The van der Waals surface area contributed by atoms with Gasteiger partial charge in [-0.2, -0.15) is 0 Å². The van der Waals surface area contributed by atoms with E-state index in [1.54, 1.807) is 30.5 Å². The number of methoxy groups -OCH3 is 3. The van der Waals surface area contributed by atoms with Crippen molar-refractivity contribution in [2.45, 2.75) is 0 Å². The zero-order chi connectivity index (χ0) is 24.6. The number of esters is 1. The Bertz CT molecular complexity index is 1160. The predicted octanol–water partition coefficient (Wildman–Crippen LogP) is 4.52. The molecule has 0 spiro atoms. The molecule has 3 aromatic rings. The van der Waals surface area contributed by atoms with Gasteiger partial charge in [0.15, 0.2) is 11.5 Å². The number of hydrogen-bond donors (Lipinski definition) is 0. The largest absolute Gasteiger partial charge is 0.493 e. The van der Waals surface area contributed by atoms with Crippen molar-refractivity contribution in [1.29, 1.82) is 0 Å². The summed E-state index contributed by atoms with van der Waals surface area (Å²) in [6.07, 6.45) is 1.68. The van der Waals surface area contributed by atoms with E-state index in [0.29, 0.717) is 28.6 Å². The molecule has 0 atom stereocenters. The van der Waals surface area contributed by atoms with Crippen molar-refractivity contribution in [2.24, 2.45) is 4.99 Å². The summed E-state index contributed by atoms with van der Waals surface area (Å²) in [6, 6.07) is 18.3. The molecule has 0 amide bonds. The highest BCUT2D eigenvalue weighted by Gasteiger charge is 2.19. The van der Waals surface area contributed by atoms with Gasteiger partial charge in [0.2, 0.25) is 5.75 Å². The van der Waals surface area contributed by atoms with E-state index in [1.165, 1.54) is 21.3 Å². The van der Waals surface area contributed by atoms with E-state index in [2.05, 4.69) is 9.89 Å². The van der Waals surface area contributed by atoms with Crippen LogP contribution in [0.5, 0.6) is 23.0 Å². The van der Waals surface area contributed by atoms with Gasteiger partial charge in [0.25, 0.3) is 0 Å². The summed E-state index contributed by atoms with van der Waals surface area (Å²) >= 11 is 0. The number of ether oxygens (including phenoxy) is 5. The maximum absolute atomic E-state index is 12.9. The van der Waals surface area contributed by atoms with E-state index in [9.17, 15) is 4.79 Å². The highest BCUT2D eigenvalue weighted by atomic mass is 16.5. The number of nitrogens with zero attached hydrogens (tertiary/aromatic N) is 2. The van der Waals surface area contributed by atoms with Gasteiger partial charge in [-0.15, -0.1) is 0 Å². The van der Waals surface area contributed by atoms with E-state index < -0.39 is 5.97 Å². The molecule has 1 aliphatic heterocycles. The fourth-order valence-corrected chi connectivity index (χ4v) is 3.75. The van der Waals surface area contributed by atoms with Crippen molar-refractivity contribution in [3.8, 4) is 23.0 Å². The minimum absolute atomic E-state index is 0.268. The number of benzene rings is 3. The van der Waals surface area contributed by atoms with Crippen LogP contribution in [0.4, 0.5) is 11.4 Å². The van der Waals surface area contributed by atoms with Crippen LogP contribution >= 0.6 is 0 Å². The highest BCUT2D eigenvalue weighted by Crippen LogP contribution is 2.38. The third kappa shape index (κ3) is 5.73. The number of hydrogen-bond acceptors (Lipinski definition) is 8. The fraction of sp³-hybridized carbons (Fsp3) is 0.259. The van der Waals surface area contributed by atoms with E-state index in [-0.39, 0.29) is 5.56 Å². The Morgan fingerprint density at radius 2 is 1.54 bits per heavy atom. The molecule has 0 unspecified atom stereocenters. The fourth-order valence-electron chi connectivity index (χ4n) is 3.75. The SMILES string of the molecule is COc1cc(C(=O)Oc2ccccc2C=Nc2ccc(N3CCOCC3)cc2)cc(OC)c1OC. The molecule has 1 fully saturated rings. The van der Waals surface area contributed by atoms with Gasteiger partial charge >= 0.3 is 5.97 Å². The molecule has 0 aliphatic carbocycles. The summed E-state index contributed by atoms with van der Waals surface area (Å²) in [5, 5.41) is 0.